The first-order valence-electron chi connectivity index (χ1n) is 11.6. The number of carbonyl (C=O) groups excluding carboxylic acids is 3. The van der Waals surface area contributed by atoms with Crippen LogP contribution in [-0.2, 0) is 14.3 Å². The van der Waals surface area contributed by atoms with Crippen LogP contribution in [0, 0.1) is 12.8 Å². The summed E-state index contributed by atoms with van der Waals surface area (Å²) in [6.07, 6.45) is 3.70. The van der Waals surface area contributed by atoms with Gasteiger partial charge in [-0.05, 0) is 45.1 Å². The SMILES string of the molecule is CCOC(=O)c1c(-c2ccc(C)cc2)csc1NC(=O)CN1CCC(NC(=O)C2CC2)CC1. The minimum Gasteiger partial charge on any atom is -0.462 e. The average Bonchev–Trinajstić information content (AvgIpc) is 3.57. The van der Waals surface area contributed by atoms with E-state index in [9.17, 15) is 14.4 Å². The molecule has 2 fully saturated rings. The number of piperidine rings is 1. The zero-order valence-electron chi connectivity index (χ0n) is 19.2. The van der Waals surface area contributed by atoms with Crippen molar-refractivity contribution in [2.45, 2.75) is 45.6 Å². The van der Waals surface area contributed by atoms with Gasteiger partial charge in [-0.3, -0.25) is 14.5 Å². The Morgan fingerprint density at radius 1 is 1.09 bits per heavy atom. The maximum atomic E-state index is 12.8. The van der Waals surface area contributed by atoms with Crippen LogP contribution in [0.4, 0.5) is 5.00 Å². The molecule has 1 saturated heterocycles. The highest BCUT2D eigenvalue weighted by Crippen LogP contribution is 2.36. The number of anilines is 1. The number of hydrogen-bond donors (Lipinski definition) is 2. The molecule has 0 unspecified atom stereocenters. The summed E-state index contributed by atoms with van der Waals surface area (Å²) in [5.74, 6) is -0.187. The zero-order valence-corrected chi connectivity index (χ0v) is 20.0. The molecular formula is C25H31N3O4S. The van der Waals surface area contributed by atoms with Gasteiger partial charge in [-0.1, -0.05) is 29.8 Å². The lowest BCUT2D eigenvalue weighted by Crippen LogP contribution is -2.46. The van der Waals surface area contributed by atoms with Crippen LogP contribution in [-0.4, -0.2) is 55.0 Å². The van der Waals surface area contributed by atoms with Crippen molar-refractivity contribution >= 4 is 34.1 Å². The van der Waals surface area contributed by atoms with Crippen LogP contribution in [0.5, 0.6) is 0 Å². The van der Waals surface area contributed by atoms with Crippen molar-refractivity contribution in [1.29, 1.82) is 0 Å². The minimum absolute atomic E-state index is 0.154. The predicted octanol–water partition coefficient (Wildman–Crippen LogP) is 3.83. The molecule has 1 aromatic heterocycles. The topological polar surface area (TPSA) is 87.7 Å². The molecule has 0 radical (unpaired) electrons. The van der Waals surface area contributed by atoms with E-state index in [0.29, 0.717) is 10.6 Å². The van der Waals surface area contributed by atoms with Crippen LogP contribution >= 0.6 is 11.3 Å². The van der Waals surface area contributed by atoms with Crippen LogP contribution in [0.3, 0.4) is 0 Å². The zero-order chi connectivity index (χ0) is 23.4. The molecule has 7 nitrogen and oxygen atoms in total. The highest BCUT2D eigenvalue weighted by Gasteiger charge is 2.32. The van der Waals surface area contributed by atoms with Crippen LogP contribution in [0.2, 0.25) is 0 Å². The number of rotatable bonds is 8. The molecular weight excluding hydrogens is 438 g/mol. The molecule has 1 aliphatic carbocycles. The van der Waals surface area contributed by atoms with Gasteiger partial charge >= 0.3 is 5.97 Å². The van der Waals surface area contributed by atoms with Crippen LogP contribution in [0.15, 0.2) is 29.6 Å². The first-order valence-corrected chi connectivity index (χ1v) is 12.5. The number of carbonyl (C=O) groups is 3. The second-order valence-electron chi connectivity index (χ2n) is 8.82. The van der Waals surface area contributed by atoms with Gasteiger partial charge in [-0.2, -0.15) is 0 Å². The molecule has 2 amide bonds. The number of hydrogen-bond acceptors (Lipinski definition) is 6. The fourth-order valence-electron chi connectivity index (χ4n) is 4.07. The average molecular weight is 470 g/mol. The first-order chi connectivity index (χ1) is 15.9. The summed E-state index contributed by atoms with van der Waals surface area (Å²) < 4.78 is 5.28. The Labute approximate surface area is 198 Å². The molecule has 176 valence electrons. The molecule has 2 aromatic rings. The number of nitrogens with zero attached hydrogens (tertiary/aromatic N) is 1. The Morgan fingerprint density at radius 2 is 1.79 bits per heavy atom. The number of benzene rings is 1. The summed E-state index contributed by atoms with van der Waals surface area (Å²) in [7, 11) is 0. The molecule has 2 N–H and O–H groups in total. The fourth-order valence-corrected chi connectivity index (χ4v) is 5.04. The largest absolute Gasteiger partial charge is 0.462 e. The van der Waals surface area contributed by atoms with Crippen molar-refractivity contribution < 1.29 is 19.1 Å². The monoisotopic (exact) mass is 469 g/mol. The molecule has 2 heterocycles. The van der Waals surface area contributed by atoms with E-state index in [4.69, 9.17) is 4.74 Å². The van der Waals surface area contributed by atoms with Crippen molar-refractivity contribution in [3.8, 4) is 11.1 Å². The molecule has 2 aliphatic rings. The third-order valence-corrected chi connectivity index (χ3v) is 7.03. The van der Waals surface area contributed by atoms with Crippen LogP contribution in [0.1, 0.15) is 48.5 Å². The molecule has 0 bridgehead atoms. The van der Waals surface area contributed by atoms with Gasteiger partial charge < -0.3 is 15.4 Å². The van der Waals surface area contributed by atoms with E-state index in [2.05, 4.69) is 15.5 Å². The van der Waals surface area contributed by atoms with Crippen molar-refractivity contribution in [1.82, 2.24) is 10.2 Å². The predicted molar refractivity (Wildman–Crippen MR) is 129 cm³/mol. The van der Waals surface area contributed by atoms with Crippen molar-refractivity contribution in [3.63, 3.8) is 0 Å². The molecule has 0 atom stereocenters. The number of amides is 2. The number of ether oxygens (including phenoxy) is 1. The van der Waals surface area contributed by atoms with Crippen molar-refractivity contribution in [2.75, 3.05) is 31.6 Å². The van der Waals surface area contributed by atoms with Gasteiger partial charge in [0.2, 0.25) is 11.8 Å². The molecule has 0 spiro atoms. The first kappa shape index (κ1) is 23.4. The second-order valence-corrected chi connectivity index (χ2v) is 9.70. The van der Waals surface area contributed by atoms with Gasteiger partial charge in [0.05, 0.1) is 13.2 Å². The standard InChI is InChI=1S/C25H31N3O4S/c1-3-32-25(31)22-20(17-6-4-16(2)5-7-17)15-33-24(22)27-21(29)14-28-12-10-19(11-13-28)26-23(30)18-8-9-18/h4-7,15,18-19H,3,8-14H2,1-2H3,(H,26,30)(H,27,29). The van der Waals surface area contributed by atoms with E-state index in [0.717, 1.165) is 55.5 Å². The van der Waals surface area contributed by atoms with Gasteiger partial charge in [0, 0.05) is 36.0 Å². The number of esters is 1. The summed E-state index contributed by atoms with van der Waals surface area (Å²) >= 11 is 1.34. The summed E-state index contributed by atoms with van der Waals surface area (Å²) in [6.45, 7) is 5.81. The van der Waals surface area contributed by atoms with E-state index in [1.54, 1.807) is 6.92 Å². The van der Waals surface area contributed by atoms with E-state index >= 15 is 0 Å². The number of nitrogens with one attached hydrogen (secondary N) is 2. The highest BCUT2D eigenvalue weighted by atomic mass is 32.1. The van der Waals surface area contributed by atoms with Gasteiger partial charge in [-0.15, -0.1) is 11.3 Å². The highest BCUT2D eigenvalue weighted by molar-refractivity contribution is 7.15. The third kappa shape index (κ3) is 6.00. The lowest BCUT2D eigenvalue weighted by Gasteiger charge is -2.31. The number of likely N-dealkylation sites (tertiary alicyclic amines) is 1. The maximum Gasteiger partial charge on any atom is 0.341 e. The lowest BCUT2D eigenvalue weighted by atomic mass is 10.0. The van der Waals surface area contributed by atoms with Gasteiger partial charge in [-0.25, -0.2) is 4.79 Å². The molecule has 33 heavy (non-hydrogen) atoms. The Morgan fingerprint density at radius 3 is 2.42 bits per heavy atom. The summed E-state index contributed by atoms with van der Waals surface area (Å²) in [5.41, 5.74) is 3.22. The molecule has 1 saturated carbocycles. The number of thiophene rings is 1. The van der Waals surface area contributed by atoms with Crippen molar-refractivity contribution in [2.24, 2.45) is 5.92 Å². The van der Waals surface area contributed by atoms with E-state index in [1.165, 1.54) is 11.3 Å². The second kappa shape index (κ2) is 10.5. The van der Waals surface area contributed by atoms with Crippen LogP contribution in [0.25, 0.3) is 11.1 Å². The lowest BCUT2D eigenvalue weighted by molar-refractivity contribution is -0.123. The van der Waals surface area contributed by atoms with Crippen molar-refractivity contribution in [3.05, 3.63) is 40.8 Å². The third-order valence-electron chi connectivity index (χ3n) is 6.14. The maximum absolute atomic E-state index is 12.8. The Kier molecular flexibility index (Phi) is 7.45. The normalized spacial score (nSPS) is 16.9. The number of aryl methyl sites for hydroxylation is 1. The summed E-state index contributed by atoms with van der Waals surface area (Å²) in [5, 5.41) is 8.47. The van der Waals surface area contributed by atoms with E-state index in [1.807, 2.05) is 36.6 Å². The molecule has 4 rings (SSSR count). The molecule has 8 heteroatoms. The minimum atomic E-state index is -0.433. The fraction of sp³-hybridized carbons (Fsp3) is 0.480. The Balaban J connectivity index is 1.37. The quantitative estimate of drug-likeness (QED) is 0.574. The smallest absolute Gasteiger partial charge is 0.341 e. The summed E-state index contributed by atoms with van der Waals surface area (Å²) in [4.78, 5) is 39.6. The molecule has 1 aliphatic heterocycles. The summed E-state index contributed by atoms with van der Waals surface area (Å²) in [6, 6.07) is 8.13. The Hall–Kier alpha value is -2.71. The van der Waals surface area contributed by atoms with Crippen LogP contribution < -0.4 is 10.6 Å². The molecule has 1 aromatic carbocycles. The van der Waals surface area contributed by atoms with E-state index in [-0.39, 0.29) is 36.9 Å². The van der Waals surface area contributed by atoms with Gasteiger partial charge in [0.15, 0.2) is 0 Å². The van der Waals surface area contributed by atoms with Gasteiger partial charge in [0.1, 0.15) is 10.6 Å². The Bertz CT molecular complexity index is 1010. The van der Waals surface area contributed by atoms with Gasteiger partial charge in [0.25, 0.3) is 0 Å². The van der Waals surface area contributed by atoms with E-state index < -0.39 is 5.97 Å².